The number of anilines is 1. The summed E-state index contributed by atoms with van der Waals surface area (Å²) >= 11 is 0. The molecule has 0 amide bonds. The van der Waals surface area contributed by atoms with E-state index >= 15 is 0 Å². The largest absolute Gasteiger partial charge is 0.475 e. The maximum atomic E-state index is 5.48. The van der Waals surface area contributed by atoms with Gasteiger partial charge in [-0.1, -0.05) is 0 Å². The van der Waals surface area contributed by atoms with Gasteiger partial charge in [-0.15, -0.1) is 0 Å². The van der Waals surface area contributed by atoms with Crippen LogP contribution in [-0.4, -0.2) is 28.7 Å². The first-order valence-corrected chi connectivity index (χ1v) is 5.58. The Hall–Kier alpha value is -1.36. The molecule has 1 rings (SSSR count). The third kappa shape index (κ3) is 4.44. The van der Waals surface area contributed by atoms with Gasteiger partial charge < -0.3 is 15.8 Å². The van der Waals surface area contributed by atoms with Gasteiger partial charge in [0.25, 0.3) is 0 Å². The maximum absolute atomic E-state index is 5.48. The summed E-state index contributed by atoms with van der Waals surface area (Å²) in [5, 5.41) is 3.17. The van der Waals surface area contributed by atoms with E-state index < -0.39 is 0 Å². The van der Waals surface area contributed by atoms with E-state index in [1.807, 2.05) is 20.8 Å². The molecule has 0 fully saturated rings. The molecule has 0 aromatic carbocycles. The highest BCUT2D eigenvalue weighted by Crippen LogP contribution is 2.11. The highest BCUT2D eigenvalue weighted by atomic mass is 16.5. The predicted octanol–water partition coefficient (Wildman–Crippen LogP) is 1.41. The molecule has 0 radical (unpaired) electrons. The molecule has 0 saturated carbocycles. The molecule has 0 aliphatic rings. The molecule has 0 spiro atoms. The zero-order valence-electron chi connectivity index (χ0n) is 10.1. The summed E-state index contributed by atoms with van der Waals surface area (Å²) in [4.78, 5) is 8.38. The second kappa shape index (κ2) is 6.27. The molecule has 0 aliphatic carbocycles. The van der Waals surface area contributed by atoms with Gasteiger partial charge in [0.2, 0.25) is 11.8 Å². The van der Waals surface area contributed by atoms with Crippen molar-refractivity contribution < 1.29 is 4.74 Å². The summed E-state index contributed by atoms with van der Waals surface area (Å²) in [5.74, 6) is 1.17. The van der Waals surface area contributed by atoms with Crippen molar-refractivity contribution in [2.45, 2.75) is 39.3 Å². The molecule has 0 bridgehead atoms. The Morgan fingerprint density at radius 2 is 2.19 bits per heavy atom. The molecular weight excluding hydrogens is 204 g/mol. The molecule has 1 aromatic rings. The Kier molecular flexibility index (Phi) is 4.98. The van der Waals surface area contributed by atoms with Crippen LogP contribution >= 0.6 is 0 Å². The Morgan fingerprint density at radius 1 is 1.44 bits per heavy atom. The third-order valence-electron chi connectivity index (χ3n) is 1.96. The Labute approximate surface area is 96.4 Å². The molecule has 5 nitrogen and oxygen atoms in total. The van der Waals surface area contributed by atoms with Gasteiger partial charge in [-0.05, 0) is 33.7 Å². The van der Waals surface area contributed by atoms with Crippen LogP contribution in [0.3, 0.4) is 0 Å². The average Bonchev–Trinajstić information content (AvgIpc) is 2.17. The number of nitrogens with zero attached hydrogens (tertiary/aromatic N) is 2. The van der Waals surface area contributed by atoms with E-state index in [1.165, 1.54) is 0 Å². The van der Waals surface area contributed by atoms with Crippen LogP contribution in [0.15, 0.2) is 12.3 Å². The quantitative estimate of drug-likeness (QED) is 0.764. The van der Waals surface area contributed by atoms with E-state index in [0.29, 0.717) is 18.4 Å². The molecule has 1 aromatic heterocycles. The number of rotatable bonds is 6. The lowest BCUT2D eigenvalue weighted by Gasteiger charge is -2.13. The van der Waals surface area contributed by atoms with E-state index in [1.54, 1.807) is 12.3 Å². The minimum Gasteiger partial charge on any atom is -0.475 e. The van der Waals surface area contributed by atoms with Gasteiger partial charge in [0.15, 0.2) is 0 Å². The number of hydrogen-bond acceptors (Lipinski definition) is 5. The van der Waals surface area contributed by atoms with Crippen molar-refractivity contribution in [1.82, 2.24) is 9.97 Å². The van der Waals surface area contributed by atoms with Gasteiger partial charge in [-0.25, -0.2) is 4.98 Å². The number of nitrogens with one attached hydrogen (secondary N) is 1. The lowest BCUT2D eigenvalue weighted by molar-refractivity contribution is 0.232. The van der Waals surface area contributed by atoms with Crippen LogP contribution in [0.25, 0.3) is 0 Å². The summed E-state index contributed by atoms with van der Waals surface area (Å²) in [6, 6.07) is 2.01. The Balaban J connectivity index is 2.59. The second-order valence-corrected chi connectivity index (χ2v) is 4.01. The summed E-state index contributed by atoms with van der Waals surface area (Å²) in [6.07, 6.45) is 2.69. The zero-order chi connectivity index (χ0) is 12.0. The Bertz CT molecular complexity index is 317. The summed E-state index contributed by atoms with van der Waals surface area (Å²) in [5.41, 5.74) is 5.47. The first kappa shape index (κ1) is 12.7. The standard InChI is InChI=1S/C11H20N4O/c1-8(2)16-10-5-7-13-11(15-10)14-9(3)4-6-12/h5,7-9H,4,6,12H2,1-3H3,(H,13,14,15). The minimum atomic E-state index is 0.115. The van der Waals surface area contributed by atoms with E-state index in [9.17, 15) is 0 Å². The lowest BCUT2D eigenvalue weighted by Crippen LogP contribution is -2.21. The van der Waals surface area contributed by atoms with Gasteiger partial charge in [0, 0.05) is 18.3 Å². The fraction of sp³-hybridized carbons (Fsp3) is 0.636. The van der Waals surface area contributed by atoms with Crippen molar-refractivity contribution in [1.29, 1.82) is 0 Å². The van der Waals surface area contributed by atoms with Crippen molar-refractivity contribution in [3.8, 4) is 5.88 Å². The van der Waals surface area contributed by atoms with Gasteiger partial charge in [-0.2, -0.15) is 4.98 Å². The fourth-order valence-electron chi connectivity index (χ4n) is 1.26. The first-order chi connectivity index (χ1) is 7.61. The van der Waals surface area contributed by atoms with Crippen molar-refractivity contribution >= 4 is 5.95 Å². The lowest BCUT2D eigenvalue weighted by atomic mass is 10.2. The van der Waals surface area contributed by atoms with Gasteiger partial charge >= 0.3 is 0 Å². The van der Waals surface area contributed by atoms with Crippen LogP contribution < -0.4 is 15.8 Å². The Morgan fingerprint density at radius 3 is 2.81 bits per heavy atom. The van der Waals surface area contributed by atoms with E-state index in [0.717, 1.165) is 6.42 Å². The minimum absolute atomic E-state index is 0.115. The summed E-state index contributed by atoms with van der Waals surface area (Å²) < 4.78 is 5.48. The predicted molar refractivity (Wildman–Crippen MR) is 64.6 cm³/mol. The molecule has 16 heavy (non-hydrogen) atoms. The van der Waals surface area contributed by atoms with Crippen molar-refractivity contribution in [3.05, 3.63) is 12.3 Å². The van der Waals surface area contributed by atoms with Crippen molar-refractivity contribution in [3.63, 3.8) is 0 Å². The molecule has 1 atom stereocenters. The van der Waals surface area contributed by atoms with Crippen LogP contribution in [0.4, 0.5) is 5.95 Å². The maximum Gasteiger partial charge on any atom is 0.226 e. The molecular formula is C11H20N4O. The monoisotopic (exact) mass is 224 g/mol. The second-order valence-electron chi connectivity index (χ2n) is 4.01. The number of nitrogens with two attached hydrogens (primary N) is 1. The van der Waals surface area contributed by atoms with Crippen LogP contribution in [0.5, 0.6) is 5.88 Å². The number of ether oxygens (including phenoxy) is 1. The molecule has 1 heterocycles. The van der Waals surface area contributed by atoms with Crippen LogP contribution in [0.2, 0.25) is 0 Å². The smallest absolute Gasteiger partial charge is 0.226 e. The van der Waals surface area contributed by atoms with Crippen LogP contribution in [0.1, 0.15) is 27.2 Å². The van der Waals surface area contributed by atoms with Crippen molar-refractivity contribution in [2.75, 3.05) is 11.9 Å². The number of aromatic nitrogens is 2. The molecule has 3 N–H and O–H groups in total. The molecule has 0 saturated heterocycles. The van der Waals surface area contributed by atoms with E-state index in [-0.39, 0.29) is 12.1 Å². The van der Waals surface area contributed by atoms with Gasteiger partial charge in [-0.3, -0.25) is 0 Å². The van der Waals surface area contributed by atoms with Crippen LogP contribution in [0, 0.1) is 0 Å². The topological polar surface area (TPSA) is 73.1 Å². The summed E-state index contributed by atoms with van der Waals surface area (Å²) in [6.45, 7) is 6.63. The van der Waals surface area contributed by atoms with Gasteiger partial charge in [0.1, 0.15) is 0 Å². The first-order valence-electron chi connectivity index (χ1n) is 5.58. The highest BCUT2D eigenvalue weighted by molar-refractivity contribution is 5.28. The highest BCUT2D eigenvalue weighted by Gasteiger charge is 2.05. The van der Waals surface area contributed by atoms with E-state index in [2.05, 4.69) is 15.3 Å². The normalized spacial score (nSPS) is 12.6. The fourth-order valence-corrected chi connectivity index (χ4v) is 1.26. The average molecular weight is 224 g/mol. The molecule has 1 unspecified atom stereocenters. The molecule has 90 valence electrons. The molecule has 0 aliphatic heterocycles. The van der Waals surface area contributed by atoms with Crippen LogP contribution in [-0.2, 0) is 0 Å². The van der Waals surface area contributed by atoms with Crippen molar-refractivity contribution in [2.24, 2.45) is 5.73 Å². The SMILES string of the molecule is CC(CCN)Nc1nccc(OC(C)C)n1. The third-order valence-corrected chi connectivity index (χ3v) is 1.96. The zero-order valence-corrected chi connectivity index (χ0v) is 10.1. The van der Waals surface area contributed by atoms with E-state index in [4.69, 9.17) is 10.5 Å². The number of hydrogen-bond donors (Lipinski definition) is 2. The summed E-state index contributed by atoms with van der Waals surface area (Å²) in [7, 11) is 0. The van der Waals surface area contributed by atoms with Gasteiger partial charge in [0.05, 0.1) is 6.10 Å². The molecule has 5 heteroatoms.